The van der Waals surface area contributed by atoms with E-state index in [1.165, 1.54) is 12.8 Å². The monoisotopic (exact) mass is 832 g/mol. The Bertz CT molecular complexity index is 1900. The summed E-state index contributed by atoms with van der Waals surface area (Å²) in [4.78, 5) is 27.5. The first-order chi connectivity index (χ1) is 29.2. The summed E-state index contributed by atoms with van der Waals surface area (Å²) >= 11 is 0. The van der Waals surface area contributed by atoms with Gasteiger partial charge in [-0.1, -0.05) is 129 Å². The zero-order valence-corrected chi connectivity index (χ0v) is 39.5. The first-order valence-electron chi connectivity index (χ1n) is 24.1. The van der Waals surface area contributed by atoms with Crippen molar-refractivity contribution < 1.29 is 18.7 Å². The van der Waals surface area contributed by atoms with Crippen LogP contribution < -0.4 is 4.90 Å². The highest BCUT2D eigenvalue weighted by Crippen LogP contribution is 2.53. The molecule has 1 amide bonds. The number of rotatable bonds is 15. The summed E-state index contributed by atoms with van der Waals surface area (Å²) in [6.45, 7) is 20.8. The fourth-order valence-corrected chi connectivity index (χ4v) is 8.89. The summed E-state index contributed by atoms with van der Waals surface area (Å²) in [5.74, 6) is 21.1. The first kappa shape index (κ1) is 49.8. The van der Waals surface area contributed by atoms with Gasteiger partial charge in [0.1, 0.15) is 0 Å². The highest BCUT2D eigenvalue weighted by atomic mass is 19.1. The van der Waals surface area contributed by atoms with Crippen LogP contribution in [0.5, 0.6) is 0 Å². The van der Waals surface area contributed by atoms with Crippen LogP contribution in [0.3, 0.4) is 0 Å². The molecule has 0 N–H and O–H groups in total. The van der Waals surface area contributed by atoms with Crippen LogP contribution in [-0.4, -0.2) is 29.6 Å². The molecule has 4 nitrogen and oxygen atoms in total. The van der Waals surface area contributed by atoms with Gasteiger partial charge in [0.2, 0.25) is 11.6 Å². The highest BCUT2D eigenvalue weighted by Gasteiger charge is 2.49. The number of carbonyl (C=O) groups excluding carboxylic acids is 2. The van der Waals surface area contributed by atoms with Crippen molar-refractivity contribution in [3.63, 3.8) is 0 Å². The Labute approximate surface area is 371 Å². The molecule has 4 aliphatic rings. The van der Waals surface area contributed by atoms with Crippen molar-refractivity contribution in [2.24, 2.45) is 28.6 Å². The molecule has 0 bridgehead atoms. The standard InChI is InChI=1S/C25H29NO.C16H26O.C15H23FO/c1-4-25(3,5-2)18-10-15-24(27)26-19-22-13-7-6-11-20(22)16-17-21-12-8-9-14-23(21)26;1-4-16(3,5-2)17-12-15-13-10-8-6-7-9-11-14(13)15;1-4-14(3,5-2)13(17)15(16)11-9-7-6-8-10-12-15/h6-9,11-14H,4-5,10,15,18-19H2,1-3H3;13-15H,4-5,8-12H2,1-3H3;4-9,11H2,1-3H3/t;13-,14+,15?;. The second-order valence-corrected chi connectivity index (χ2v) is 18.9. The van der Waals surface area contributed by atoms with E-state index in [4.69, 9.17) is 4.74 Å². The van der Waals surface area contributed by atoms with Crippen LogP contribution in [0.4, 0.5) is 10.1 Å². The van der Waals surface area contributed by atoms with Gasteiger partial charge in [0.15, 0.2) is 5.78 Å². The summed E-state index contributed by atoms with van der Waals surface area (Å²) < 4.78 is 20.9. The molecule has 4 atom stereocenters. The van der Waals surface area contributed by atoms with E-state index in [2.05, 4.69) is 83.1 Å². The van der Waals surface area contributed by atoms with E-state index < -0.39 is 11.1 Å². The number of carbonyl (C=O) groups is 2. The molecular formula is C56H78FNO3. The molecule has 3 aliphatic carbocycles. The van der Waals surface area contributed by atoms with Crippen molar-refractivity contribution in [3.8, 4) is 35.5 Å². The average Bonchev–Trinajstić information content (AvgIpc) is 3.92. The lowest BCUT2D eigenvalue weighted by atomic mass is 9.72. The highest BCUT2D eigenvalue weighted by molar-refractivity contribution is 5.95. The van der Waals surface area contributed by atoms with Crippen LogP contribution >= 0.6 is 0 Å². The predicted octanol–water partition coefficient (Wildman–Crippen LogP) is 14.0. The topological polar surface area (TPSA) is 46.6 Å². The number of alkyl halides is 1. The number of para-hydroxylation sites is 1. The Balaban J connectivity index is 0.000000211. The molecule has 0 saturated heterocycles. The minimum atomic E-state index is -1.90. The molecule has 1 fully saturated rings. The van der Waals surface area contributed by atoms with E-state index >= 15 is 0 Å². The number of benzene rings is 2. The van der Waals surface area contributed by atoms with Gasteiger partial charge in [-0.3, -0.25) is 9.59 Å². The lowest BCUT2D eigenvalue weighted by Gasteiger charge is -2.31. The van der Waals surface area contributed by atoms with Gasteiger partial charge in [0.05, 0.1) is 24.4 Å². The zero-order valence-electron chi connectivity index (χ0n) is 39.5. The fourth-order valence-electron chi connectivity index (χ4n) is 8.89. The van der Waals surface area contributed by atoms with Gasteiger partial charge in [-0.2, -0.15) is 0 Å². The van der Waals surface area contributed by atoms with Crippen molar-refractivity contribution in [3.05, 3.63) is 65.2 Å². The predicted molar refractivity (Wildman–Crippen MR) is 253 cm³/mol. The Morgan fingerprint density at radius 1 is 0.754 bits per heavy atom. The fraction of sp³-hybridized carbons (Fsp3) is 0.643. The average molecular weight is 832 g/mol. The van der Waals surface area contributed by atoms with Crippen molar-refractivity contribution in [1.82, 2.24) is 0 Å². The lowest BCUT2D eigenvalue weighted by Crippen LogP contribution is -2.43. The van der Waals surface area contributed by atoms with E-state index in [1.54, 1.807) is 0 Å². The number of ether oxygens (including phenoxy) is 1. The molecule has 332 valence electrons. The van der Waals surface area contributed by atoms with Gasteiger partial charge < -0.3 is 9.64 Å². The molecule has 61 heavy (non-hydrogen) atoms. The first-order valence-corrected chi connectivity index (χ1v) is 24.1. The number of ketones is 1. The maximum atomic E-state index is 14.8. The molecule has 1 heterocycles. The van der Waals surface area contributed by atoms with Crippen LogP contribution in [-0.2, 0) is 20.9 Å². The molecule has 1 aliphatic heterocycles. The molecule has 0 spiro atoms. The molecule has 5 heteroatoms. The van der Waals surface area contributed by atoms with Crippen LogP contribution in [0.25, 0.3) is 0 Å². The Morgan fingerprint density at radius 3 is 1.98 bits per heavy atom. The summed E-state index contributed by atoms with van der Waals surface area (Å²) in [6, 6.07) is 16.1. The molecule has 2 aromatic rings. The van der Waals surface area contributed by atoms with Crippen molar-refractivity contribution in [2.45, 2.75) is 196 Å². The van der Waals surface area contributed by atoms with Gasteiger partial charge in [0.25, 0.3) is 0 Å². The molecule has 2 aromatic carbocycles. The number of nitrogens with zero attached hydrogens (tertiary/aromatic N) is 1. The third-order valence-electron chi connectivity index (χ3n) is 15.1. The second-order valence-electron chi connectivity index (χ2n) is 18.9. The van der Waals surface area contributed by atoms with Gasteiger partial charge in [0, 0.05) is 48.6 Å². The van der Waals surface area contributed by atoms with E-state index in [9.17, 15) is 14.0 Å². The van der Waals surface area contributed by atoms with Gasteiger partial charge in [-0.15, -0.1) is 11.8 Å². The molecule has 0 aromatic heterocycles. The zero-order chi connectivity index (χ0) is 44.5. The SMILES string of the molecule is CCC(C)(CC)C(=O)C1(F)C#CCCCCC1.CCC(C)(CC)CCCC(=O)N1Cc2ccccc2C#Cc2ccccc21.CCC(C)(CC)OCC1[C@H]2CCC#CCC[C@@H]12. The van der Waals surface area contributed by atoms with E-state index in [0.29, 0.717) is 37.6 Å². The lowest BCUT2D eigenvalue weighted by molar-refractivity contribution is -0.137. The minimum Gasteiger partial charge on any atom is -0.375 e. The maximum absolute atomic E-state index is 14.8. The van der Waals surface area contributed by atoms with Gasteiger partial charge in [-0.05, 0) is 118 Å². The summed E-state index contributed by atoms with van der Waals surface area (Å²) in [5, 5.41) is 0. The number of amides is 1. The summed E-state index contributed by atoms with van der Waals surface area (Å²) in [7, 11) is 0. The van der Waals surface area contributed by atoms with E-state index in [0.717, 1.165) is 117 Å². The number of halogens is 1. The third-order valence-corrected chi connectivity index (χ3v) is 15.1. The van der Waals surface area contributed by atoms with E-state index in [-0.39, 0.29) is 23.7 Å². The van der Waals surface area contributed by atoms with Crippen molar-refractivity contribution in [1.29, 1.82) is 0 Å². The Morgan fingerprint density at radius 2 is 1.36 bits per heavy atom. The van der Waals surface area contributed by atoms with Crippen molar-refractivity contribution in [2.75, 3.05) is 11.5 Å². The number of Topliss-reactive ketones (excluding diaryl/α,β-unsaturated/α-hetero) is 1. The van der Waals surface area contributed by atoms with Gasteiger partial charge >= 0.3 is 0 Å². The second kappa shape index (κ2) is 23.6. The van der Waals surface area contributed by atoms with Crippen LogP contribution in [0.15, 0.2) is 48.5 Å². The Kier molecular flexibility index (Phi) is 19.2. The normalized spacial score (nSPS) is 21.7. The molecule has 2 unspecified atom stereocenters. The van der Waals surface area contributed by atoms with Crippen LogP contribution in [0.2, 0.25) is 0 Å². The van der Waals surface area contributed by atoms with Crippen molar-refractivity contribution >= 4 is 17.4 Å². The molecular weight excluding hydrogens is 754 g/mol. The van der Waals surface area contributed by atoms with Crippen LogP contribution in [0, 0.1) is 64.1 Å². The maximum Gasteiger partial charge on any atom is 0.229 e. The third kappa shape index (κ3) is 13.8. The number of fused-ring (bicyclic) bond motifs is 3. The Hall–Kier alpha value is -3.85. The molecule has 0 radical (unpaired) electrons. The summed E-state index contributed by atoms with van der Waals surface area (Å²) in [6.07, 6.45) is 17.1. The van der Waals surface area contributed by atoms with Crippen LogP contribution in [0.1, 0.15) is 195 Å². The number of hydrogen-bond donors (Lipinski definition) is 0. The molecule has 1 saturated carbocycles. The number of anilines is 1. The minimum absolute atomic E-state index is 0.106. The summed E-state index contributed by atoms with van der Waals surface area (Å²) in [5.41, 5.74) is 1.95. The quantitative estimate of drug-likeness (QED) is 0.168. The smallest absolute Gasteiger partial charge is 0.229 e. The van der Waals surface area contributed by atoms with E-state index in [1.807, 2.05) is 68.1 Å². The number of hydrogen-bond acceptors (Lipinski definition) is 3. The van der Waals surface area contributed by atoms with Gasteiger partial charge in [-0.25, -0.2) is 4.39 Å². The molecule has 6 rings (SSSR count). The largest absolute Gasteiger partial charge is 0.375 e.